The van der Waals surface area contributed by atoms with Gasteiger partial charge in [0.2, 0.25) is 0 Å². The van der Waals surface area contributed by atoms with Gasteiger partial charge in [-0.1, -0.05) is 22.0 Å². The zero-order chi connectivity index (χ0) is 17.3. The quantitative estimate of drug-likeness (QED) is 0.711. The van der Waals surface area contributed by atoms with Gasteiger partial charge in [0.15, 0.2) is 0 Å². The van der Waals surface area contributed by atoms with Crippen LogP contribution in [-0.2, 0) is 0 Å². The summed E-state index contributed by atoms with van der Waals surface area (Å²) in [5.74, 6) is -0.538. The van der Waals surface area contributed by atoms with Crippen molar-refractivity contribution in [3.05, 3.63) is 75.8 Å². The third-order valence-corrected chi connectivity index (χ3v) is 4.17. The van der Waals surface area contributed by atoms with Crippen LogP contribution in [0.3, 0.4) is 0 Å². The zero-order valence-corrected chi connectivity index (χ0v) is 14.8. The second kappa shape index (κ2) is 6.57. The van der Waals surface area contributed by atoms with Crippen molar-refractivity contribution in [2.75, 3.05) is 5.32 Å². The molecule has 2 aromatic carbocycles. The van der Waals surface area contributed by atoms with E-state index in [1.54, 1.807) is 23.7 Å². The molecule has 4 nitrogen and oxygen atoms in total. The van der Waals surface area contributed by atoms with Gasteiger partial charge < -0.3 is 5.32 Å². The average Bonchev–Trinajstić information content (AvgIpc) is 2.83. The van der Waals surface area contributed by atoms with E-state index in [4.69, 9.17) is 0 Å². The predicted octanol–water partition coefficient (Wildman–Crippen LogP) is 4.64. The number of aryl methyl sites for hydroxylation is 1. The fraction of sp³-hybridized carbons (Fsp3) is 0.111. The Morgan fingerprint density at radius 1 is 1.17 bits per heavy atom. The van der Waals surface area contributed by atoms with E-state index < -0.39 is 0 Å². The molecule has 3 rings (SSSR count). The Morgan fingerprint density at radius 2 is 1.88 bits per heavy atom. The summed E-state index contributed by atoms with van der Waals surface area (Å²) in [7, 11) is 0. The van der Waals surface area contributed by atoms with Gasteiger partial charge in [-0.15, -0.1) is 0 Å². The number of carbonyl (C=O) groups excluding carboxylic acids is 1. The van der Waals surface area contributed by atoms with E-state index in [1.807, 2.05) is 31.2 Å². The fourth-order valence-corrected chi connectivity index (χ4v) is 2.96. The van der Waals surface area contributed by atoms with E-state index in [0.29, 0.717) is 28.3 Å². The lowest BCUT2D eigenvalue weighted by atomic mass is 10.1. The van der Waals surface area contributed by atoms with Gasteiger partial charge in [-0.3, -0.25) is 4.79 Å². The van der Waals surface area contributed by atoms with Crippen molar-refractivity contribution in [2.24, 2.45) is 0 Å². The van der Waals surface area contributed by atoms with Crippen molar-refractivity contribution in [1.29, 1.82) is 0 Å². The molecule has 0 spiro atoms. The molecule has 1 N–H and O–H groups in total. The van der Waals surface area contributed by atoms with Crippen LogP contribution in [0.2, 0.25) is 0 Å². The number of benzene rings is 2. The van der Waals surface area contributed by atoms with Crippen LogP contribution < -0.4 is 5.32 Å². The van der Waals surface area contributed by atoms with Gasteiger partial charge in [-0.25, -0.2) is 9.07 Å². The Morgan fingerprint density at radius 3 is 2.54 bits per heavy atom. The van der Waals surface area contributed by atoms with E-state index in [-0.39, 0.29) is 11.7 Å². The highest BCUT2D eigenvalue weighted by molar-refractivity contribution is 9.10. The zero-order valence-electron chi connectivity index (χ0n) is 13.2. The summed E-state index contributed by atoms with van der Waals surface area (Å²) in [5, 5.41) is 7.29. The molecule has 6 heteroatoms. The van der Waals surface area contributed by atoms with E-state index in [1.165, 1.54) is 12.1 Å². The Kier molecular flexibility index (Phi) is 4.49. The minimum atomic E-state index is -0.312. The van der Waals surface area contributed by atoms with Gasteiger partial charge in [0, 0.05) is 10.2 Å². The molecule has 0 fully saturated rings. The minimum absolute atomic E-state index is 0.225. The highest BCUT2D eigenvalue weighted by Crippen LogP contribution is 2.21. The maximum absolute atomic E-state index is 13.1. The number of amides is 1. The van der Waals surface area contributed by atoms with Gasteiger partial charge in [-0.05, 0) is 56.3 Å². The summed E-state index contributed by atoms with van der Waals surface area (Å²) >= 11 is 3.38. The molecular weight excluding hydrogens is 373 g/mol. The number of rotatable bonds is 3. The van der Waals surface area contributed by atoms with Crippen LogP contribution in [0.1, 0.15) is 21.7 Å². The van der Waals surface area contributed by atoms with Gasteiger partial charge in [0.1, 0.15) is 5.82 Å². The molecule has 0 saturated carbocycles. The summed E-state index contributed by atoms with van der Waals surface area (Å²) in [6.45, 7) is 3.60. The topological polar surface area (TPSA) is 46.9 Å². The number of hydrogen-bond donors (Lipinski definition) is 1. The maximum atomic E-state index is 13.1. The van der Waals surface area contributed by atoms with Crippen LogP contribution in [0.4, 0.5) is 10.1 Å². The Balaban J connectivity index is 1.94. The summed E-state index contributed by atoms with van der Waals surface area (Å²) in [5.41, 5.74) is 3.23. The van der Waals surface area contributed by atoms with E-state index in [2.05, 4.69) is 26.3 Å². The summed E-state index contributed by atoms with van der Waals surface area (Å²) in [4.78, 5) is 12.6. The molecule has 0 aliphatic rings. The number of nitrogens with one attached hydrogen (secondary N) is 1. The first-order valence-corrected chi connectivity index (χ1v) is 8.14. The second-order valence-electron chi connectivity index (χ2n) is 5.40. The van der Waals surface area contributed by atoms with Gasteiger partial charge in [-0.2, -0.15) is 5.10 Å². The Labute approximate surface area is 147 Å². The summed E-state index contributed by atoms with van der Waals surface area (Å²) in [6.07, 6.45) is 0. The SMILES string of the molecule is Cc1nn(-c2ccc(F)cc2)c(C)c1C(=O)Nc1cccc(Br)c1. The number of carbonyl (C=O) groups is 1. The van der Waals surface area contributed by atoms with E-state index in [9.17, 15) is 9.18 Å². The molecule has 0 bridgehead atoms. The number of nitrogens with zero attached hydrogens (tertiary/aromatic N) is 2. The lowest BCUT2D eigenvalue weighted by Gasteiger charge is -2.07. The van der Waals surface area contributed by atoms with Gasteiger partial charge in [0.05, 0.1) is 22.6 Å². The molecule has 0 aliphatic heterocycles. The average molecular weight is 388 g/mol. The maximum Gasteiger partial charge on any atom is 0.259 e. The van der Waals surface area contributed by atoms with Crippen molar-refractivity contribution < 1.29 is 9.18 Å². The lowest BCUT2D eigenvalue weighted by molar-refractivity contribution is 0.102. The van der Waals surface area contributed by atoms with Gasteiger partial charge >= 0.3 is 0 Å². The normalized spacial score (nSPS) is 10.7. The molecule has 1 amide bonds. The minimum Gasteiger partial charge on any atom is -0.322 e. The third-order valence-electron chi connectivity index (χ3n) is 3.67. The molecule has 122 valence electrons. The molecule has 0 radical (unpaired) electrons. The first kappa shape index (κ1) is 16.4. The van der Waals surface area contributed by atoms with E-state index >= 15 is 0 Å². The Hall–Kier alpha value is -2.47. The predicted molar refractivity (Wildman–Crippen MR) is 95.1 cm³/mol. The van der Waals surface area contributed by atoms with Crippen LogP contribution in [0, 0.1) is 19.7 Å². The molecule has 24 heavy (non-hydrogen) atoms. The summed E-state index contributed by atoms with van der Waals surface area (Å²) in [6, 6.07) is 13.4. The molecule has 0 saturated heterocycles. The van der Waals surface area contributed by atoms with Crippen molar-refractivity contribution in [3.63, 3.8) is 0 Å². The highest BCUT2D eigenvalue weighted by Gasteiger charge is 2.19. The smallest absolute Gasteiger partial charge is 0.259 e. The molecule has 1 aromatic heterocycles. The van der Waals surface area contributed by atoms with Gasteiger partial charge in [0.25, 0.3) is 5.91 Å². The number of anilines is 1. The second-order valence-corrected chi connectivity index (χ2v) is 6.31. The molecule has 0 unspecified atom stereocenters. The van der Waals surface area contributed by atoms with Crippen LogP contribution in [0.15, 0.2) is 53.0 Å². The fourth-order valence-electron chi connectivity index (χ4n) is 2.56. The number of aromatic nitrogens is 2. The third kappa shape index (κ3) is 3.23. The number of halogens is 2. The van der Waals surface area contributed by atoms with Crippen molar-refractivity contribution >= 4 is 27.5 Å². The molecule has 3 aromatic rings. The largest absolute Gasteiger partial charge is 0.322 e. The first-order valence-electron chi connectivity index (χ1n) is 7.35. The molecule has 0 atom stereocenters. The highest BCUT2D eigenvalue weighted by atomic mass is 79.9. The van der Waals surface area contributed by atoms with Crippen LogP contribution in [-0.4, -0.2) is 15.7 Å². The van der Waals surface area contributed by atoms with Crippen molar-refractivity contribution in [3.8, 4) is 5.69 Å². The van der Waals surface area contributed by atoms with E-state index in [0.717, 1.165) is 4.47 Å². The first-order chi connectivity index (χ1) is 11.5. The molecule has 0 aliphatic carbocycles. The van der Waals surface area contributed by atoms with Crippen molar-refractivity contribution in [1.82, 2.24) is 9.78 Å². The molecular formula is C18H15BrFN3O. The summed E-state index contributed by atoms with van der Waals surface area (Å²) < 4.78 is 15.6. The van der Waals surface area contributed by atoms with Crippen LogP contribution >= 0.6 is 15.9 Å². The lowest BCUT2D eigenvalue weighted by Crippen LogP contribution is -2.14. The number of hydrogen-bond acceptors (Lipinski definition) is 2. The van der Waals surface area contributed by atoms with Crippen LogP contribution in [0.25, 0.3) is 5.69 Å². The monoisotopic (exact) mass is 387 g/mol. The standard InChI is InChI=1S/C18H15BrFN3O/c1-11-17(18(24)21-15-5-3-4-13(19)10-15)12(2)23(22-11)16-8-6-14(20)7-9-16/h3-10H,1-2H3,(H,21,24). The Bertz CT molecular complexity index is 903. The van der Waals surface area contributed by atoms with Crippen molar-refractivity contribution in [2.45, 2.75) is 13.8 Å². The van der Waals surface area contributed by atoms with Crippen LogP contribution in [0.5, 0.6) is 0 Å². The molecule has 1 heterocycles.